The average Bonchev–Trinajstić information content (AvgIpc) is 2.67. The third-order valence-electron chi connectivity index (χ3n) is 2.61. The van der Waals surface area contributed by atoms with E-state index in [4.69, 9.17) is 28.9 Å². The molecule has 1 aromatic heterocycles. The van der Waals surface area contributed by atoms with E-state index in [-0.39, 0.29) is 5.02 Å². The summed E-state index contributed by atoms with van der Waals surface area (Å²) in [5.41, 5.74) is 7.34. The number of aryl methyl sites for hydroxylation is 1. The zero-order chi connectivity index (χ0) is 13.4. The van der Waals surface area contributed by atoms with Gasteiger partial charge >= 0.3 is 0 Å². The molecule has 1 atom stereocenters. The smallest absolute Gasteiger partial charge is 0.148 e. The number of halogens is 4. The van der Waals surface area contributed by atoms with Crippen LogP contribution in [0.2, 0.25) is 10.0 Å². The van der Waals surface area contributed by atoms with Gasteiger partial charge in [-0.3, -0.25) is 0 Å². The highest BCUT2D eigenvalue weighted by atomic mass is 79.9. The van der Waals surface area contributed by atoms with Crippen molar-refractivity contribution >= 4 is 50.5 Å². The molecule has 2 aromatic rings. The van der Waals surface area contributed by atoms with Crippen molar-refractivity contribution in [2.45, 2.75) is 13.0 Å². The Morgan fingerprint density at radius 1 is 1.33 bits per heavy atom. The van der Waals surface area contributed by atoms with Crippen LogP contribution in [-0.4, -0.2) is 0 Å². The summed E-state index contributed by atoms with van der Waals surface area (Å²) in [5.74, 6) is -0.513. The molecule has 0 bridgehead atoms. The number of thiophene rings is 1. The molecule has 2 N–H and O–H groups in total. The van der Waals surface area contributed by atoms with Gasteiger partial charge in [0.15, 0.2) is 0 Å². The van der Waals surface area contributed by atoms with E-state index in [0.29, 0.717) is 15.1 Å². The standard InChI is InChI=1S/C12H9BrCl2FNS/c1-5-4-18-12(8(5)14)11(17)6-2-3-7(13)9(15)10(6)16/h2-4,11H,17H2,1H3. The maximum atomic E-state index is 14.1. The molecule has 6 heteroatoms. The van der Waals surface area contributed by atoms with Crippen LogP contribution in [0, 0.1) is 12.7 Å². The lowest BCUT2D eigenvalue weighted by Crippen LogP contribution is -2.13. The third-order valence-corrected chi connectivity index (χ3v) is 5.66. The van der Waals surface area contributed by atoms with Gasteiger partial charge in [-0.25, -0.2) is 4.39 Å². The fourth-order valence-corrected chi connectivity index (χ4v) is 3.39. The third kappa shape index (κ3) is 2.45. The maximum Gasteiger partial charge on any atom is 0.148 e. The summed E-state index contributed by atoms with van der Waals surface area (Å²) in [5, 5.41) is 2.52. The molecule has 0 aliphatic heterocycles. The molecule has 0 saturated carbocycles. The Morgan fingerprint density at radius 3 is 2.56 bits per heavy atom. The van der Waals surface area contributed by atoms with Gasteiger partial charge in [0, 0.05) is 14.9 Å². The minimum absolute atomic E-state index is 0.0346. The monoisotopic (exact) mass is 367 g/mol. The van der Waals surface area contributed by atoms with Crippen molar-refractivity contribution in [2.24, 2.45) is 5.73 Å². The molecule has 0 saturated heterocycles. The molecule has 1 heterocycles. The van der Waals surface area contributed by atoms with Crippen molar-refractivity contribution < 1.29 is 4.39 Å². The molecule has 18 heavy (non-hydrogen) atoms. The van der Waals surface area contributed by atoms with Crippen LogP contribution in [0.4, 0.5) is 4.39 Å². The molecule has 0 spiro atoms. The van der Waals surface area contributed by atoms with Crippen molar-refractivity contribution in [1.29, 1.82) is 0 Å². The first-order chi connectivity index (χ1) is 8.43. The molecule has 2 rings (SSSR count). The van der Waals surface area contributed by atoms with Crippen molar-refractivity contribution in [3.05, 3.63) is 53.9 Å². The van der Waals surface area contributed by atoms with E-state index in [1.165, 1.54) is 11.3 Å². The molecular formula is C12H9BrCl2FNS. The van der Waals surface area contributed by atoms with Crippen molar-refractivity contribution in [2.75, 3.05) is 0 Å². The van der Waals surface area contributed by atoms with Crippen LogP contribution in [0.5, 0.6) is 0 Å². The molecule has 0 radical (unpaired) electrons. The van der Waals surface area contributed by atoms with E-state index in [0.717, 1.165) is 10.4 Å². The predicted octanol–water partition coefficient (Wildman–Crippen LogP) is 5.31. The Hall–Kier alpha value is -0.130. The number of benzene rings is 1. The second-order valence-corrected chi connectivity index (χ2v) is 6.36. The summed E-state index contributed by atoms with van der Waals surface area (Å²) < 4.78 is 14.6. The number of hydrogen-bond acceptors (Lipinski definition) is 2. The summed E-state index contributed by atoms with van der Waals surface area (Å²) in [7, 11) is 0. The largest absolute Gasteiger partial charge is 0.319 e. The van der Waals surface area contributed by atoms with Crippen LogP contribution in [0.15, 0.2) is 22.0 Å². The Balaban J connectivity index is 2.50. The van der Waals surface area contributed by atoms with E-state index < -0.39 is 11.9 Å². The Labute approximate surface area is 127 Å². The first-order valence-electron chi connectivity index (χ1n) is 5.06. The van der Waals surface area contributed by atoms with Crippen LogP contribution in [0.25, 0.3) is 0 Å². The second kappa shape index (κ2) is 5.47. The highest BCUT2D eigenvalue weighted by Gasteiger charge is 2.21. The minimum atomic E-state index is -0.609. The molecule has 0 aliphatic rings. The van der Waals surface area contributed by atoms with Gasteiger partial charge in [-0.15, -0.1) is 11.3 Å². The van der Waals surface area contributed by atoms with Crippen molar-refractivity contribution in [3.8, 4) is 0 Å². The molecule has 0 fully saturated rings. The summed E-state index contributed by atoms with van der Waals surface area (Å²) in [6.45, 7) is 1.89. The van der Waals surface area contributed by atoms with E-state index in [2.05, 4.69) is 15.9 Å². The molecule has 96 valence electrons. The van der Waals surface area contributed by atoms with Gasteiger partial charge in [-0.05, 0) is 39.9 Å². The Bertz CT molecular complexity index is 600. The van der Waals surface area contributed by atoms with Gasteiger partial charge in [0.1, 0.15) is 5.82 Å². The lowest BCUT2D eigenvalue weighted by molar-refractivity contribution is 0.600. The number of hydrogen-bond donors (Lipinski definition) is 1. The highest BCUT2D eigenvalue weighted by Crippen LogP contribution is 2.37. The minimum Gasteiger partial charge on any atom is -0.319 e. The van der Waals surface area contributed by atoms with Gasteiger partial charge in [-0.1, -0.05) is 29.3 Å². The molecule has 1 unspecified atom stereocenters. The summed E-state index contributed by atoms with van der Waals surface area (Å²) >= 11 is 16.6. The zero-order valence-electron chi connectivity index (χ0n) is 9.31. The van der Waals surface area contributed by atoms with E-state index >= 15 is 0 Å². The maximum absolute atomic E-state index is 14.1. The predicted molar refractivity (Wildman–Crippen MR) is 79.2 cm³/mol. The Kier molecular flexibility index (Phi) is 4.34. The normalized spacial score (nSPS) is 12.8. The highest BCUT2D eigenvalue weighted by molar-refractivity contribution is 9.10. The summed E-state index contributed by atoms with van der Waals surface area (Å²) in [6.07, 6.45) is 0. The van der Waals surface area contributed by atoms with Crippen LogP contribution in [0.1, 0.15) is 22.0 Å². The molecule has 0 aliphatic carbocycles. The fraction of sp³-hybridized carbons (Fsp3) is 0.167. The molecule has 1 nitrogen and oxygen atoms in total. The van der Waals surface area contributed by atoms with Gasteiger partial charge in [-0.2, -0.15) is 0 Å². The molecular weight excluding hydrogens is 360 g/mol. The van der Waals surface area contributed by atoms with Gasteiger partial charge in [0.25, 0.3) is 0 Å². The average molecular weight is 369 g/mol. The number of rotatable bonds is 2. The topological polar surface area (TPSA) is 26.0 Å². The van der Waals surface area contributed by atoms with Crippen LogP contribution in [0.3, 0.4) is 0 Å². The van der Waals surface area contributed by atoms with Crippen LogP contribution in [-0.2, 0) is 0 Å². The zero-order valence-corrected chi connectivity index (χ0v) is 13.2. The fourth-order valence-electron chi connectivity index (χ4n) is 1.58. The van der Waals surface area contributed by atoms with Crippen LogP contribution < -0.4 is 5.73 Å². The van der Waals surface area contributed by atoms with Crippen molar-refractivity contribution in [1.82, 2.24) is 0 Å². The first kappa shape index (κ1) is 14.3. The SMILES string of the molecule is Cc1csc(C(N)c2ccc(Br)c(Cl)c2F)c1Cl. The van der Waals surface area contributed by atoms with E-state index in [1.807, 2.05) is 12.3 Å². The van der Waals surface area contributed by atoms with Gasteiger partial charge in [0.05, 0.1) is 16.1 Å². The van der Waals surface area contributed by atoms with Gasteiger partial charge < -0.3 is 5.73 Å². The molecule has 1 aromatic carbocycles. The van der Waals surface area contributed by atoms with Crippen LogP contribution >= 0.6 is 50.5 Å². The van der Waals surface area contributed by atoms with E-state index in [1.54, 1.807) is 12.1 Å². The second-order valence-electron chi connectivity index (χ2n) is 3.84. The summed E-state index contributed by atoms with van der Waals surface area (Å²) in [6, 6.07) is 2.68. The summed E-state index contributed by atoms with van der Waals surface area (Å²) in [4.78, 5) is 0.742. The van der Waals surface area contributed by atoms with Gasteiger partial charge in [0.2, 0.25) is 0 Å². The molecule has 0 amide bonds. The first-order valence-corrected chi connectivity index (χ1v) is 7.48. The van der Waals surface area contributed by atoms with Crippen molar-refractivity contribution in [3.63, 3.8) is 0 Å². The number of nitrogens with two attached hydrogens (primary N) is 1. The van der Waals surface area contributed by atoms with E-state index in [9.17, 15) is 4.39 Å². The lowest BCUT2D eigenvalue weighted by Gasteiger charge is -2.13. The lowest BCUT2D eigenvalue weighted by atomic mass is 10.1. The quantitative estimate of drug-likeness (QED) is 0.714. The Morgan fingerprint density at radius 2 is 2.00 bits per heavy atom.